The van der Waals surface area contributed by atoms with E-state index in [4.69, 9.17) is 0 Å². The molecular formula is C15H15N3S. The number of nitrogens with one attached hydrogen (secondary N) is 2. The molecule has 1 aliphatic heterocycles. The fraction of sp³-hybridized carbons (Fsp3) is 0.133. The van der Waals surface area contributed by atoms with Crippen molar-refractivity contribution in [2.75, 3.05) is 17.7 Å². The second kappa shape index (κ2) is 5.80. The Kier molecular flexibility index (Phi) is 3.70. The van der Waals surface area contributed by atoms with Crippen LogP contribution in [0.3, 0.4) is 0 Å². The van der Waals surface area contributed by atoms with Crippen molar-refractivity contribution in [2.45, 2.75) is 4.90 Å². The van der Waals surface area contributed by atoms with E-state index < -0.39 is 0 Å². The number of nitrogens with zero attached hydrogens (tertiary/aromatic N) is 1. The molecule has 0 saturated carbocycles. The number of hydrazine groups is 1. The van der Waals surface area contributed by atoms with Gasteiger partial charge in [0.15, 0.2) is 0 Å². The summed E-state index contributed by atoms with van der Waals surface area (Å²) in [7, 11) is 0. The molecule has 4 heteroatoms. The zero-order valence-electron chi connectivity index (χ0n) is 10.5. The predicted molar refractivity (Wildman–Crippen MR) is 81.8 cm³/mol. The van der Waals surface area contributed by atoms with E-state index in [1.54, 1.807) is 0 Å². The first kappa shape index (κ1) is 12.1. The Labute approximate surface area is 117 Å². The topological polar surface area (TPSA) is 36.4 Å². The van der Waals surface area contributed by atoms with Gasteiger partial charge < -0.3 is 0 Å². The number of fused-ring (bicyclic) bond motifs is 1. The fourth-order valence-electron chi connectivity index (χ4n) is 1.95. The summed E-state index contributed by atoms with van der Waals surface area (Å²) in [5.74, 6) is 1.93. The normalized spacial score (nSPS) is 14.0. The quantitative estimate of drug-likeness (QED) is 0.822. The van der Waals surface area contributed by atoms with Crippen molar-refractivity contribution in [3.63, 3.8) is 0 Å². The number of amidine groups is 1. The first-order valence-corrected chi connectivity index (χ1v) is 7.26. The average Bonchev–Trinajstić information content (AvgIpc) is 2.68. The standard InChI is InChI=1S/C15H15N3S/c1-2-6-12(7-3-1)17-18-15-13-8-4-5-9-14(13)19-11-10-16-15/h1-9,17H,10-11H2,(H,16,18). The van der Waals surface area contributed by atoms with Gasteiger partial charge in [0, 0.05) is 16.2 Å². The van der Waals surface area contributed by atoms with Crippen molar-refractivity contribution < 1.29 is 0 Å². The van der Waals surface area contributed by atoms with E-state index in [0.29, 0.717) is 0 Å². The lowest BCUT2D eigenvalue weighted by Crippen LogP contribution is -2.30. The first-order chi connectivity index (χ1) is 9.43. The molecule has 2 aromatic carbocycles. The van der Waals surface area contributed by atoms with Gasteiger partial charge in [-0.1, -0.05) is 36.4 Å². The van der Waals surface area contributed by atoms with Gasteiger partial charge in [0.1, 0.15) is 5.84 Å². The highest BCUT2D eigenvalue weighted by molar-refractivity contribution is 7.99. The maximum Gasteiger partial charge on any atom is 0.148 e. The molecule has 0 radical (unpaired) electrons. The van der Waals surface area contributed by atoms with Crippen LogP contribution in [-0.2, 0) is 0 Å². The van der Waals surface area contributed by atoms with Gasteiger partial charge in [-0.2, -0.15) is 0 Å². The largest absolute Gasteiger partial charge is 0.300 e. The van der Waals surface area contributed by atoms with Crippen LogP contribution < -0.4 is 10.9 Å². The van der Waals surface area contributed by atoms with Crippen LogP contribution in [0.2, 0.25) is 0 Å². The fourth-order valence-corrected chi connectivity index (χ4v) is 2.84. The summed E-state index contributed by atoms with van der Waals surface area (Å²) in [6.07, 6.45) is 0. The van der Waals surface area contributed by atoms with Crippen LogP contribution in [0.1, 0.15) is 5.56 Å². The molecule has 3 nitrogen and oxygen atoms in total. The highest BCUT2D eigenvalue weighted by Crippen LogP contribution is 2.24. The summed E-state index contributed by atoms with van der Waals surface area (Å²) in [6.45, 7) is 0.831. The lowest BCUT2D eigenvalue weighted by Gasteiger charge is -2.13. The second-order valence-corrected chi connectivity index (χ2v) is 5.33. The number of para-hydroxylation sites is 1. The van der Waals surface area contributed by atoms with Crippen molar-refractivity contribution in [2.24, 2.45) is 4.99 Å². The molecule has 0 saturated heterocycles. The number of thioether (sulfide) groups is 1. The number of rotatable bonds is 2. The molecule has 1 heterocycles. The molecule has 0 fully saturated rings. The Morgan fingerprint density at radius 1 is 0.895 bits per heavy atom. The Hall–Kier alpha value is -1.94. The van der Waals surface area contributed by atoms with E-state index in [-0.39, 0.29) is 0 Å². The second-order valence-electron chi connectivity index (χ2n) is 4.19. The van der Waals surface area contributed by atoms with E-state index >= 15 is 0 Å². The highest BCUT2D eigenvalue weighted by Gasteiger charge is 2.12. The van der Waals surface area contributed by atoms with Crippen molar-refractivity contribution in [3.05, 3.63) is 60.2 Å². The third-order valence-corrected chi connectivity index (χ3v) is 3.91. The van der Waals surface area contributed by atoms with Gasteiger partial charge in [0.25, 0.3) is 0 Å². The number of anilines is 1. The van der Waals surface area contributed by atoms with E-state index in [2.05, 4.69) is 34.0 Å². The van der Waals surface area contributed by atoms with Crippen molar-refractivity contribution in [1.82, 2.24) is 5.43 Å². The molecule has 0 aromatic heterocycles. The molecule has 0 aliphatic carbocycles. The number of hydrogen-bond donors (Lipinski definition) is 2. The number of aliphatic imine (C=N–C) groups is 1. The summed E-state index contributed by atoms with van der Waals surface area (Å²) in [5, 5.41) is 0. The molecule has 19 heavy (non-hydrogen) atoms. The minimum Gasteiger partial charge on any atom is -0.300 e. The lowest BCUT2D eigenvalue weighted by atomic mass is 10.2. The van der Waals surface area contributed by atoms with Crippen molar-refractivity contribution >= 4 is 23.3 Å². The summed E-state index contributed by atoms with van der Waals surface area (Å²) in [5.41, 5.74) is 8.60. The van der Waals surface area contributed by atoms with Crippen LogP contribution >= 0.6 is 11.8 Å². The monoisotopic (exact) mass is 269 g/mol. The molecule has 0 atom stereocenters. The van der Waals surface area contributed by atoms with Gasteiger partial charge in [-0.15, -0.1) is 11.8 Å². The van der Waals surface area contributed by atoms with Gasteiger partial charge in [-0.25, -0.2) is 0 Å². The van der Waals surface area contributed by atoms with Gasteiger partial charge in [0.05, 0.1) is 12.2 Å². The Morgan fingerprint density at radius 3 is 2.58 bits per heavy atom. The van der Waals surface area contributed by atoms with E-state index in [1.807, 2.05) is 48.2 Å². The zero-order valence-corrected chi connectivity index (χ0v) is 11.3. The molecule has 0 unspecified atom stereocenters. The Morgan fingerprint density at radius 2 is 1.68 bits per heavy atom. The number of hydrogen-bond acceptors (Lipinski definition) is 4. The van der Waals surface area contributed by atoms with Gasteiger partial charge in [-0.3, -0.25) is 15.8 Å². The molecule has 0 bridgehead atoms. The molecule has 0 spiro atoms. The average molecular weight is 269 g/mol. The van der Waals surface area contributed by atoms with Gasteiger partial charge in [-0.05, 0) is 18.2 Å². The minimum absolute atomic E-state index is 0.831. The van der Waals surface area contributed by atoms with E-state index in [0.717, 1.165) is 29.4 Å². The van der Waals surface area contributed by atoms with E-state index in [9.17, 15) is 0 Å². The molecule has 2 N–H and O–H groups in total. The third kappa shape index (κ3) is 2.90. The molecular weight excluding hydrogens is 254 g/mol. The SMILES string of the molecule is c1ccc(NNC2=NCCSc3ccccc32)cc1. The molecule has 2 aromatic rings. The molecule has 1 aliphatic rings. The van der Waals surface area contributed by atoms with Crippen LogP contribution in [-0.4, -0.2) is 18.1 Å². The summed E-state index contributed by atoms with van der Waals surface area (Å²) >= 11 is 1.85. The van der Waals surface area contributed by atoms with Crippen LogP contribution in [0.25, 0.3) is 0 Å². The summed E-state index contributed by atoms with van der Waals surface area (Å²) in [6, 6.07) is 18.4. The van der Waals surface area contributed by atoms with Gasteiger partial charge >= 0.3 is 0 Å². The van der Waals surface area contributed by atoms with Crippen LogP contribution in [0, 0.1) is 0 Å². The van der Waals surface area contributed by atoms with Crippen LogP contribution in [0.15, 0.2) is 64.5 Å². The summed E-state index contributed by atoms with van der Waals surface area (Å²) < 4.78 is 0. The lowest BCUT2D eigenvalue weighted by molar-refractivity contribution is 1.06. The molecule has 96 valence electrons. The molecule has 3 rings (SSSR count). The maximum absolute atomic E-state index is 4.60. The van der Waals surface area contributed by atoms with Crippen molar-refractivity contribution in [1.29, 1.82) is 0 Å². The smallest absolute Gasteiger partial charge is 0.148 e. The van der Waals surface area contributed by atoms with Crippen molar-refractivity contribution in [3.8, 4) is 0 Å². The van der Waals surface area contributed by atoms with Crippen LogP contribution in [0.5, 0.6) is 0 Å². The first-order valence-electron chi connectivity index (χ1n) is 6.27. The Bertz CT molecular complexity index is 581. The van der Waals surface area contributed by atoms with Crippen LogP contribution in [0.4, 0.5) is 5.69 Å². The maximum atomic E-state index is 4.60. The van der Waals surface area contributed by atoms with Gasteiger partial charge in [0.2, 0.25) is 0 Å². The number of benzene rings is 2. The third-order valence-electron chi connectivity index (χ3n) is 2.86. The molecule has 0 amide bonds. The Balaban J connectivity index is 1.79. The predicted octanol–water partition coefficient (Wildman–Crippen LogP) is 3.16. The summed E-state index contributed by atoms with van der Waals surface area (Å²) in [4.78, 5) is 5.88. The minimum atomic E-state index is 0.831. The van der Waals surface area contributed by atoms with E-state index in [1.165, 1.54) is 4.90 Å². The highest BCUT2D eigenvalue weighted by atomic mass is 32.2. The zero-order chi connectivity index (χ0) is 12.9.